The van der Waals surface area contributed by atoms with Crippen molar-refractivity contribution in [3.05, 3.63) is 0 Å². The van der Waals surface area contributed by atoms with Crippen LogP contribution < -0.4 is 0 Å². The number of hydrogen-bond acceptors (Lipinski definition) is 6. The van der Waals surface area contributed by atoms with Gasteiger partial charge in [-0.25, -0.2) is 0 Å². The van der Waals surface area contributed by atoms with Gasteiger partial charge in [0.1, 0.15) is 6.10 Å². The molecular weight excluding hydrogens is 394 g/mol. The summed E-state index contributed by atoms with van der Waals surface area (Å²) < 4.78 is 6.55. The van der Waals surface area contributed by atoms with Crippen molar-refractivity contribution in [3.63, 3.8) is 0 Å². The smallest absolute Gasteiger partial charge is 0.195 e. The van der Waals surface area contributed by atoms with E-state index in [2.05, 4.69) is 11.8 Å². The number of ether oxygens (including phenoxy) is 1. The Morgan fingerprint density at radius 3 is 2.61 bits per heavy atom. The van der Waals surface area contributed by atoms with E-state index in [-0.39, 0.29) is 29.6 Å². The van der Waals surface area contributed by atoms with Gasteiger partial charge in [0.2, 0.25) is 0 Å². The molecule has 174 valence electrons. The van der Waals surface area contributed by atoms with Crippen LogP contribution in [0.5, 0.6) is 0 Å². The highest BCUT2D eigenvalue weighted by Gasteiger charge is 2.81. The molecule has 0 radical (unpaired) electrons. The van der Waals surface area contributed by atoms with E-state index in [1.54, 1.807) is 0 Å². The first kappa shape index (κ1) is 20.2. The minimum absolute atomic E-state index is 0.0996. The van der Waals surface area contributed by atoms with Crippen LogP contribution in [0.3, 0.4) is 0 Å². The zero-order valence-electron chi connectivity index (χ0n) is 18.7. The van der Waals surface area contributed by atoms with Crippen molar-refractivity contribution in [2.24, 2.45) is 41.4 Å². The van der Waals surface area contributed by atoms with E-state index in [1.807, 2.05) is 0 Å². The second-order valence-corrected chi connectivity index (χ2v) is 12.5. The van der Waals surface area contributed by atoms with E-state index in [0.29, 0.717) is 30.7 Å². The number of piperidine rings is 2. The first-order chi connectivity index (χ1) is 14.8. The predicted molar refractivity (Wildman–Crippen MR) is 113 cm³/mol. The topological polar surface area (TPSA) is 93.4 Å². The molecule has 13 atom stereocenters. The maximum Gasteiger partial charge on any atom is 0.195 e. The van der Waals surface area contributed by atoms with Crippen LogP contribution in [0.1, 0.15) is 64.7 Å². The molecule has 3 saturated heterocycles. The molecule has 0 aromatic rings. The van der Waals surface area contributed by atoms with Gasteiger partial charge in [-0.15, -0.1) is 0 Å². The highest BCUT2D eigenvalue weighted by Crippen LogP contribution is 2.73. The Labute approximate surface area is 185 Å². The van der Waals surface area contributed by atoms with Crippen molar-refractivity contribution >= 4 is 0 Å². The molecule has 0 aromatic heterocycles. The molecule has 31 heavy (non-hydrogen) atoms. The number of aliphatic hydroxyl groups is 4. The molecule has 4 saturated carbocycles. The van der Waals surface area contributed by atoms with Crippen LogP contribution >= 0.6 is 0 Å². The van der Waals surface area contributed by atoms with E-state index in [0.717, 1.165) is 25.8 Å². The third-order valence-corrected chi connectivity index (χ3v) is 11.6. The van der Waals surface area contributed by atoms with Gasteiger partial charge in [-0.2, -0.15) is 0 Å². The highest BCUT2D eigenvalue weighted by atomic mass is 16.7. The summed E-state index contributed by atoms with van der Waals surface area (Å²) in [5, 5.41) is 45.9. The average Bonchev–Trinajstić information content (AvgIpc) is 3.05. The standard InChI is InChI=1S/C25H39NO5/c1-13-8-14-9-15-4-2-3-7-26(15)12-16(14)19-11-23-17-5-6-21(28)25(30,31-23)18(17)10-20(27)22(23)24(13,19)29/h13-22,27-30H,2-12H2,1H3. The van der Waals surface area contributed by atoms with Crippen LogP contribution in [0.2, 0.25) is 0 Å². The van der Waals surface area contributed by atoms with Crippen LogP contribution in [-0.4, -0.2) is 73.7 Å². The minimum atomic E-state index is -1.56. The van der Waals surface area contributed by atoms with Gasteiger partial charge < -0.3 is 30.1 Å². The summed E-state index contributed by atoms with van der Waals surface area (Å²) in [5.74, 6) is -0.730. The number of rotatable bonds is 0. The van der Waals surface area contributed by atoms with E-state index in [9.17, 15) is 20.4 Å². The zero-order chi connectivity index (χ0) is 21.3. The second-order valence-electron chi connectivity index (χ2n) is 12.5. The highest BCUT2D eigenvalue weighted by molar-refractivity contribution is 5.27. The van der Waals surface area contributed by atoms with Crippen LogP contribution in [0.25, 0.3) is 0 Å². The monoisotopic (exact) mass is 433 g/mol. The van der Waals surface area contributed by atoms with Crippen LogP contribution in [-0.2, 0) is 4.74 Å². The molecule has 6 heteroatoms. The van der Waals surface area contributed by atoms with Crippen molar-refractivity contribution in [2.75, 3.05) is 13.1 Å². The molecule has 4 aliphatic carbocycles. The molecule has 3 heterocycles. The predicted octanol–water partition coefficient (Wildman–Crippen LogP) is 1.49. The van der Waals surface area contributed by atoms with Crippen molar-refractivity contribution in [1.82, 2.24) is 4.90 Å². The Morgan fingerprint density at radius 2 is 1.77 bits per heavy atom. The van der Waals surface area contributed by atoms with E-state index in [1.165, 1.54) is 32.2 Å². The molecule has 0 aromatic carbocycles. The van der Waals surface area contributed by atoms with Gasteiger partial charge in [-0.1, -0.05) is 13.3 Å². The van der Waals surface area contributed by atoms with Gasteiger partial charge in [-0.05, 0) is 87.5 Å². The lowest BCUT2D eigenvalue weighted by Crippen LogP contribution is -2.64. The fourth-order valence-electron chi connectivity index (χ4n) is 10.5. The fraction of sp³-hybridized carbons (Fsp3) is 1.00. The quantitative estimate of drug-likeness (QED) is 0.463. The molecule has 1 spiro atoms. The second kappa shape index (κ2) is 6.25. The number of fused-ring (bicyclic) bond motifs is 5. The van der Waals surface area contributed by atoms with Crippen molar-refractivity contribution in [3.8, 4) is 0 Å². The number of hydrogen-bond donors (Lipinski definition) is 4. The molecule has 7 aliphatic rings. The Bertz CT molecular complexity index is 779. The normalized spacial score (nSPS) is 64.9. The van der Waals surface area contributed by atoms with Gasteiger partial charge in [-0.3, -0.25) is 0 Å². The zero-order valence-corrected chi connectivity index (χ0v) is 18.7. The van der Waals surface area contributed by atoms with Crippen LogP contribution in [0, 0.1) is 41.4 Å². The first-order valence-electron chi connectivity index (χ1n) is 13.0. The summed E-state index contributed by atoms with van der Waals surface area (Å²) in [6, 6.07) is 0.711. The van der Waals surface area contributed by atoms with Gasteiger partial charge in [0.05, 0.1) is 17.3 Å². The minimum Gasteiger partial charge on any atom is -0.393 e. The van der Waals surface area contributed by atoms with Gasteiger partial charge >= 0.3 is 0 Å². The maximum absolute atomic E-state index is 12.5. The Morgan fingerprint density at radius 1 is 0.935 bits per heavy atom. The van der Waals surface area contributed by atoms with E-state index in [4.69, 9.17) is 4.74 Å². The Hall–Kier alpha value is -0.240. The molecule has 6 nitrogen and oxygen atoms in total. The summed E-state index contributed by atoms with van der Waals surface area (Å²) in [6.45, 7) is 4.44. The lowest BCUT2D eigenvalue weighted by Gasteiger charge is -2.57. The van der Waals surface area contributed by atoms with Gasteiger partial charge in [0.15, 0.2) is 5.79 Å². The lowest BCUT2D eigenvalue weighted by molar-refractivity contribution is -0.284. The SMILES string of the molecule is CC1CC2CC3CCCCN3CC2C2CC34OC5(O)C(O)CCC3C5CC(O)C4C12O. The molecule has 0 amide bonds. The summed E-state index contributed by atoms with van der Waals surface area (Å²) in [6.07, 6.45) is 7.15. The van der Waals surface area contributed by atoms with Gasteiger partial charge in [0.25, 0.3) is 0 Å². The third kappa shape index (κ3) is 2.26. The summed E-state index contributed by atoms with van der Waals surface area (Å²) in [4.78, 5) is 2.69. The van der Waals surface area contributed by atoms with E-state index < -0.39 is 29.2 Å². The van der Waals surface area contributed by atoms with Crippen LogP contribution in [0.15, 0.2) is 0 Å². The molecule has 3 aliphatic heterocycles. The molecular formula is C25H39NO5. The molecule has 13 unspecified atom stereocenters. The summed E-state index contributed by atoms with van der Waals surface area (Å²) in [5.41, 5.74) is -1.65. The third-order valence-electron chi connectivity index (χ3n) is 11.6. The Balaban J connectivity index is 1.31. The summed E-state index contributed by atoms with van der Waals surface area (Å²) >= 11 is 0. The molecule has 4 bridgehead atoms. The largest absolute Gasteiger partial charge is 0.393 e. The lowest BCUT2D eigenvalue weighted by atomic mass is 9.53. The Kier molecular flexibility index (Phi) is 4.06. The number of aliphatic hydroxyl groups excluding tert-OH is 2. The molecule has 7 rings (SSSR count). The van der Waals surface area contributed by atoms with Crippen molar-refractivity contribution < 1.29 is 25.2 Å². The first-order valence-corrected chi connectivity index (χ1v) is 13.0. The fourth-order valence-corrected chi connectivity index (χ4v) is 10.5. The van der Waals surface area contributed by atoms with Crippen molar-refractivity contribution in [2.45, 2.75) is 100.0 Å². The van der Waals surface area contributed by atoms with Crippen LogP contribution in [0.4, 0.5) is 0 Å². The van der Waals surface area contributed by atoms with Gasteiger partial charge in [0, 0.05) is 24.4 Å². The molecule has 4 N–H and O–H groups in total. The average molecular weight is 434 g/mol. The van der Waals surface area contributed by atoms with Crippen molar-refractivity contribution in [1.29, 1.82) is 0 Å². The molecule has 7 fully saturated rings. The maximum atomic E-state index is 12.5. The summed E-state index contributed by atoms with van der Waals surface area (Å²) in [7, 11) is 0. The number of nitrogens with zero attached hydrogens (tertiary/aromatic N) is 1. The van der Waals surface area contributed by atoms with E-state index >= 15 is 0 Å².